The molecular formula is C12H14F4. The van der Waals surface area contributed by atoms with Crippen LogP contribution in [-0.2, 0) is 6.67 Å². The van der Waals surface area contributed by atoms with Gasteiger partial charge in [0.25, 0.3) is 0 Å². The van der Waals surface area contributed by atoms with Gasteiger partial charge in [-0.3, -0.25) is 0 Å². The quantitative estimate of drug-likeness (QED) is 0.668. The van der Waals surface area contributed by atoms with E-state index in [1.807, 2.05) is 0 Å². The lowest BCUT2D eigenvalue weighted by Crippen LogP contribution is -2.09. The van der Waals surface area contributed by atoms with Crippen molar-refractivity contribution in [3.63, 3.8) is 0 Å². The van der Waals surface area contributed by atoms with Crippen LogP contribution in [-0.4, -0.2) is 6.18 Å². The molecule has 0 bridgehead atoms. The molecular weight excluding hydrogens is 220 g/mol. The Morgan fingerprint density at radius 3 is 2.38 bits per heavy atom. The van der Waals surface area contributed by atoms with Crippen molar-refractivity contribution in [3.8, 4) is 0 Å². The lowest BCUT2D eigenvalue weighted by atomic mass is 9.92. The van der Waals surface area contributed by atoms with Crippen molar-refractivity contribution in [3.05, 3.63) is 35.4 Å². The second kappa shape index (κ2) is 5.32. The maximum Gasteiger partial charge on any atom is 0.389 e. The molecule has 0 nitrogen and oxygen atoms in total. The van der Waals surface area contributed by atoms with Crippen LogP contribution in [0.5, 0.6) is 0 Å². The van der Waals surface area contributed by atoms with E-state index in [4.69, 9.17) is 0 Å². The van der Waals surface area contributed by atoms with E-state index in [0.717, 1.165) is 0 Å². The summed E-state index contributed by atoms with van der Waals surface area (Å²) in [6, 6.07) is 6.71. The molecule has 0 radical (unpaired) electrons. The summed E-state index contributed by atoms with van der Waals surface area (Å²) in [5, 5.41) is 0. The Bertz CT molecular complexity index is 330. The fourth-order valence-corrected chi connectivity index (χ4v) is 1.67. The summed E-state index contributed by atoms with van der Waals surface area (Å²) in [6.45, 7) is 1.06. The number of rotatable bonds is 4. The average Bonchev–Trinajstić information content (AvgIpc) is 2.25. The molecule has 0 saturated heterocycles. The first-order valence-electron chi connectivity index (χ1n) is 5.14. The summed E-state index contributed by atoms with van der Waals surface area (Å²) in [6.07, 6.45) is -4.96. The zero-order valence-electron chi connectivity index (χ0n) is 9.02. The zero-order valence-corrected chi connectivity index (χ0v) is 9.02. The molecule has 0 saturated carbocycles. The van der Waals surface area contributed by atoms with Gasteiger partial charge in [0.15, 0.2) is 0 Å². The van der Waals surface area contributed by atoms with Gasteiger partial charge in [-0.2, -0.15) is 13.2 Å². The van der Waals surface area contributed by atoms with E-state index in [1.165, 1.54) is 0 Å². The predicted octanol–water partition coefficient (Wildman–Crippen LogP) is 4.60. The van der Waals surface area contributed by atoms with Gasteiger partial charge in [0.1, 0.15) is 6.67 Å². The van der Waals surface area contributed by atoms with Crippen LogP contribution < -0.4 is 0 Å². The topological polar surface area (TPSA) is 0 Å². The minimum absolute atomic E-state index is 0.000509. The van der Waals surface area contributed by atoms with Crippen LogP contribution >= 0.6 is 0 Å². The molecule has 1 aromatic rings. The maximum atomic E-state index is 12.6. The third-order valence-corrected chi connectivity index (χ3v) is 2.59. The molecule has 16 heavy (non-hydrogen) atoms. The molecule has 90 valence electrons. The monoisotopic (exact) mass is 234 g/mol. The highest BCUT2D eigenvalue weighted by Crippen LogP contribution is 2.30. The minimum atomic E-state index is -4.14. The minimum Gasteiger partial charge on any atom is -0.246 e. The molecule has 1 atom stereocenters. The molecule has 0 aliphatic carbocycles. The van der Waals surface area contributed by atoms with Crippen molar-refractivity contribution in [1.29, 1.82) is 0 Å². The zero-order chi connectivity index (χ0) is 12.2. The molecule has 1 aromatic carbocycles. The van der Waals surface area contributed by atoms with Crippen LogP contribution in [0.2, 0.25) is 0 Å². The first kappa shape index (κ1) is 13.0. The lowest BCUT2D eigenvalue weighted by molar-refractivity contribution is -0.136. The Balaban J connectivity index is 2.69. The van der Waals surface area contributed by atoms with Crippen LogP contribution in [0.1, 0.15) is 36.8 Å². The second-order valence-electron chi connectivity index (χ2n) is 3.89. The number of benzene rings is 1. The van der Waals surface area contributed by atoms with Gasteiger partial charge in [0, 0.05) is 6.42 Å². The lowest BCUT2D eigenvalue weighted by Gasteiger charge is -2.15. The predicted molar refractivity (Wildman–Crippen MR) is 55.0 cm³/mol. The highest BCUT2D eigenvalue weighted by Gasteiger charge is 2.27. The molecule has 0 aromatic heterocycles. The largest absolute Gasteiger partial charge is 0.389 e. The van der Waals surface area contributed by atoms with E-state index < -0.39 is 19.3 Å². The summed E-state index contributed by atoms with van der Waals surface area (Å²) in [7, 11) is 0. The van der Waals surface area contributed by atoms with Gasteiger partial charge in [-0.05, 0) is 23.5 Å². The fraction of sp³-hybridized carbons (Fsp3) is 0.500. The van der Waals surface area contributed by atoms with E-state index >= 15 is 0 Å². The molecule has 0 fully saturated rings. The Morgan fingerprint density at radius 1 is 1.19 bits per heavy atom. The molecule has 1 rings (SSSR count). The Kier molecular flexibility index (Phi) is 4.33. The van der Waals surface area contributed by atoms with Crippen molar-refractivity contribution in [2.75, 3.05) is 0 Å². The van der Waals surface area contributed by atoms with Crippen LogP contribution in [0, 0.1) is 0 Å². The molecule has 0 spiro atoms. The van der Waals surface area contributed by atoms with E-state index in [1.54, 1.807) is 31.2 Å². The van der Waals surface area contributed by atoms with Gasteiger partial charge >= 0.3 is 6.18 Å². The number of hydrogen-bond acceptors (Lipinski definition) is 0. The fourth-order valence-electron chi connectivity index (χ4n) is 1.67. The third kappa shape index (κ3) is 3.83. The molecule has 4 heteroatoms. The summed E-state index contributed by atoms with van der Waals surface area (Å²) in [5.41, 5.74) is 1.16. The van der Waals surface area contributed by atoms with Crippen molar-refractivity contribution in [2.24, 2.45) is 0 Å². The normalized spacial score (nSPS) is 13.8. The standard InChI is InChI=1S/C12H14F4/c1-9(6-7-12(14,15)16)11-5-3-2-4-10(11)8-13/h2-5,9H,6-8H2,1H3. The van der Waals surface area contributed by atoms with Gasteiger partial charge in [-0.25, -0.2) is 4.39 Å². The van der Waals surface area contributed by atoms with Crippen molar-refractivity contribution in [2.45, 2.75) is 38.5 Å². The molecule has 0 N–H and O–H groups in total. The Hall–Kier alpha value is -1.06. The summed E-state index contributed by atoms with van der Waals surface area (Å²) >= 11 is 0. The van der Waals surface area contributed by atoms with E-state index in [-0.39, 0.29) is 12.3 Å². The van der Waals surface area contributed by atoms with Gasteiger partial charge in [-0.1, -0.05) is 31.2 Å². The first-order chi connectivity index (χ1) is 7.44. The molecule has 0 aliphatic heterocycles. The second-order valence-corrected chi connectivity index (χ2v) is 3.89. The first-order valence-corrected chi connectivity index (χ1v) is 5.14. The number of halogens is 4. The summed E-state index contributed by atoms with van der Waals surface area (Å²) in [4.78, 5) is 0. The van der Waals surface area contributed by atoms with Crippen molar-refractivity contribution < 1.29 is 17.6 Å². The van der Waals surface area contributed by atoms with E-state index in [2.05, 4.69) is 0 Å². The number of alkyl halides is 4. The van der Waals surface area contributed by atoms with E-state index in [0.29, 0.717) is 11.1 Å². The van der Waals surface area contributed by atoms with Crippen LogP contribution in [0.15, 0.2) is 24.3 Å². The smallest absolute Gasteiger partial charge is 0.246 e. The molecule has 0 amide bonds. The van der Waals surface area contributed by atoms with Crippen molar-refractivity contribution in [1.82, 2.24) is 0 Å². The summed E-state index contributed by atoms with van der Waals surface area (Å²) < 4.78 is 48.7. The van der Waals surface area contributed by atoms with Crippen molar-refractivity contribution >= 4 is 0 Å². The van der Waals surface area contributed by atoms with Gasteiger partial charge in [0.2, 0.25) is 0 Å². The van der Waals surface area contributed by atoms with Crippen LogP contribution in [0.3, 0.4) is 0 Å². The number of hydrogen-bond donors (Lipinski definition) is 0. The van der Waals surface area contributed by atoms with Crippen LogP contribution in [0.4, 0.5) is 17.6 Å². The van der Waals surface area contributed by atoms with Gasteiger partial charge in [-0.15, -0.1) is 0 Å². The third-order valence-electron chi connectivity index (χ3n) is 2.59. The maximum absolute atomic E-state index is 12.6. The van der Waals surface area contributed by atoms with Gasteiger partial charge < -0.3 is 0 Å². The van der Waals surface area contributed by atoms with E-state index in [9.17, 15) is 17.6 Å². The SMILES string of the molecule is CC(CCC(F)(F)F)c1ccccc1CF. The highest BCUT2D eigenvalue weighted by molar-refractivity contribution is 5.29. The van der Waals surface area contributed by atoms with Crippen LogP contribution in [0.25, 0.3) is 0 Å². The molecule has 0 aliphatic rings. The van der Waals surface area contributed by atoms with Gasteiger partial charge in [0.05, 0.1) is 0 Å². The molecule has 0 heterocycles. The average molecular weight is 234 g/mol. The highest BCUT2D eigenvalue weighted by atomic mass is 19.4. The Morgan fingerprint density at radius 2 is 1.81 bits per heavy atom. The Labute approximate surface area is 92.3 Å². The summed E-state index contributed by atoms with van der Waals surface area (Å²) in [5.74, 6) is -0.270. The molecule has 1 unspecified atom stereocenters.